The zero-order valence-electron chi connectivity index (χ0n) is 7.55. The molecule has 0 saturated carbocycles. The Bertz CT molecular complexity index is 548. The Balaban J connectivity index is 2.28. The van der Waals surface area contributed by atoms with Gasteiger partial charge in [-0.25, -0.2) is 0 Å². The van der Waals surface area contributed by atoms with Gasteiger partial charge in [0.05, 0.1) is 0 Å². The molecule has 0 aliphatic rings. The Morgan fingerprint density at radius 2 is 1.79 bits per heavy atom. The number of hydrogen-bond donors (Lipinski definition) is 0. The van der Waals surface area contributed by atoms with E-state index >= 15 is 0 Å². The standard InChI is InChI=1S/C12H9PS/c1-2-4-11(5-3-1)13-7-6-10-8-14-9-12(10)13/h1-9H. The summed E-state index contributed by atoms with van der Waals surface area (Å²) in [5, 5.41) is 8.92. The van der Waals surface area contributed by atoms with Crippen LogP contribution in [0.3, 0.4) is 0 Å². The van der Waals surface area contributed by atoms with Gasteiger partial charge in [0.15, 0.2) is 0 Å². The molecule has 2 heteroatoms. The average Bonchev–Trinajstić information content (AvgIpc) is 2.79. The Labute approximate surface area is 87.9 Å². The highest BCUT2D eigenvalue weighted by molar-refractivity contribution is 7.62. The van der Waals surface area contributed by atoms with Crippen molar-refractivity contribution in [1.82, 2.24) is 0 Å². The summed E-state index contributed by atoms with van der Waals surface area (Å²) in [5.74, 6) is 2.35. The Hall–Kier alpha value is -1.04. The summed E-state index contributed by atoms with van der Waals surface area (Å²) in [6, 6.07) is 13.0. The summed E-state index contributed by atoms with van der Waals surface area (Å²) in [6.45, 7) is 0. The Morgan fingerprint density at radius 1 is 0.929 bits per heavy atom. The van der Waals surface area contributed by atoms with E-state index in [0.717, 1.165) is 0 Å². The maximum Gasteiger partial charge on any atom is 0.0163 e. The number of fused-ring (bicyclic) bond motifs is 1. The molecule has 0 amide bonds. The number of thiophene rings is 1. The van der Waals surface area contributed by atoms with E-state index in [1.54, 1.807) is 11.3 Å². The van der Waals surface area contributed by atoms with Crippen molar-refractivity contribution in [2.75, 3.05) is 0 Å². The molecule has 14 heavy (non-hydrogen) atoms. The van der Waals surface area contributed by atoms with E-state index in [9.17, 15) is 0 Å². The topological polar surface area (TPSA) is 0 Å². The maximum absolute atomic E-state index is 2.35. The van der Waals surface area contributed by atoms with Crippen LogP contribution in [0.15, 0.2) is 53.0 Å². The lowest BCUT2D eigenvalue weighted by Gasteiger charge is -1.97. The van der Waals surface area contributed by atoms with E-state index in [1.807, 2.05) is 0 Å². The second-order valence-corrected chi connectivity index (χ2v) is 6.01. The normalized spacial score (nSPS) is 12.1. The van der Waals surface area contributed by atoms with Gasteiger partial charge in [-0.05, 0) is 27.9 Å². The maximum atomic E-state index is 2.35. The van der Waals surface area contributed by atoms with Gasteiger partial charge < -0.3 is 0 Å². The van der Waals surface area contributed by atoms with Crippen molar-refractivity contribution in [1.29, 1.82) is 0 Å². The van der Waals surface area contributed by atoms with Crippen molar-refractivity contribution in [3.63, 3.8) is 0 Å². The molecule has 1 atom stereocenters. The Morgan fingerprint density at radius 3 is 2.64 bits per heavy atom. The highest BCUT2D eigenvalue weighted by atomic mass is 32.1. The lowest BCUT2D eigenvalue weighted by Crippen LogP contribution is -1.61. The van der Waals surface area contributed by atoms with E-state index in [0.29, 0.717) is 0 Å². The summed E-state index contributed by atoms with van der Waals surface area (Å²) in [6.07, 6.45) is 0. The van der Waals surface area contributed by atoms with Crippen molar-refractivity contribution in [2.24, 2.45) is 0 Å². The molecule has 0 N–H and O–H groups in total. The van der Waals surface area contributed by atoms with Crippen LogP contribution in [0, 0.1) is 0 Å². The number of benzene rings is 1. The molecule has 2 aromatic heterocycles. The predicted octanol–water partition coefficient (Wildman–Crippen LogP) is 4.88. The van der Waals surface area contributed by atoms with Gasteiger partial charge in [-0.1, -0.05) is 37.9 Å². The van der Waals surface area contributed by atoms with E-state index in [2.05, 4.69) is 53.0 Å². The van der Waals surface area contributed by atoms with Gasteiger partial charge in [-0.15, -0.1) is 0 Å². The summed E-state index contributed by atoms with van der Waals surface area (Å²) in [5.41, 5.74) is 0. The summed E-state index contributed by atoms with van der Waals surface area (Å²) < 4.78 is 0. The van der Waals surface area contributed by atoms with E-state index in [1.165, 1.54) is 15.8 Å². The van der Waals surface area contributed by atoms with E-state index < -0.39 is 0 Å². The molecular formula is C12H9PS. The molecule has 2 heterocycles. The SMILES string of the molecule is c1ccc(-p2ccc3cscc32)cc1. The van der Waals surface area contributed by atoms with Gasteiger partial charge in [0.1, 0.15) is 0 Å². The fourth-order valence-electron chi connectivity index (χ4n) is 1.67. The predicted molar refractivity (Wildman–Crippen MR) is 65.9 cm³/mol. The third-order valence-corrected chi connectivity index (χ3v) is 5.51. The van der Waals surface area contributed by atoms with Crippen LogP contribution in [0.5, 0.6) is 0 Å². The van der Waals surface area contributed by atoms with Crippen molar-refractivity contribution in [3.8, 4) is 5.30 Å². The smallest absolute Gasteiger partial charge is 0.0163 e. The van der Waals surface area contributed by atoms with Crippen molar-refractivity contribution < 1.29 is 0 Å². The van der Waals surface area contributed by atoms with Crippen LogP contribution < -0.4 is 0 Å². The molecule has 0 aliphatic carbocycles. The third-order valence-electron chi connectivity index (χ3n) is 2.37. The first kappa shape index (κ1) is 8.28. The average molecular weight is 216 g/mol. The monoisotopic (exact) mass is 216 g/mol. The first-order valence-corrected chi connectivity index (χ1v) is 6.89. The first-order valence-electron chi connectivity index (χ1n) is 4.54. The second-order valence-electron chi connectivity index (χ2n) is 3.23. The molecule has 0 radical (unpaired) electrons. The molecule has 3 rings (SSSR count). The van der Waals surface area contributed by atoms with Crippen molar-refractivity contribution in [2.45, 2.75) is 0 Å². The summed E-state index contributed by atoms with van der Waals surface area (Å²) in [7, 11) is -0.189. The van der Waals surface area contributed by atoms with Gasteiger partial charge in [-0.3, -0.25) is 0 Å². The van der Waals surface area contributed by atoms with Crippen LogP contribution in [0.25, 0.3) is 15.8 Å². The molecule has 1 unspecified atom stereocenters. The van der Waals surface area contributed by atoms with Crippen molar-refractivity contribution >= 4 is 29.4 Å². The molecule has 0 saturated heterocycles. The summed E-state index contributed by atoms with van der Waals surface area (Å²) >= 11 is 1.81. The van der Waals surface area contributed by atoms with Crippen LogP contribution >= 0.6 is 18.9 Å². The minimum Gasteiger partial charge on any atom is -0.151 e. The molecule has 0 spiro atoms. The van der Waals surface area contributed by atoms with Crippen LogP contribution in [-0.4, -0.2) is 0 Å². The lowest BCUT2D eigenvalue weighted by molar-refractivity contribution is 1.76. The fourth-order valence-corrected chi connectivity index (χ4v) is 4.91. The molecule has 1 aromatic carbocycles. The molecular weight excluding hydrogens is 207 g/mol. The third kappa shape index (κ3) is 1.21. The fraction of sp³-hybridized carbons (Fsp3) is 0. The zero-order chi connectivity index (χ0) is 9.38. The van der Waals surface area contributed by atoms with Gasteiger partial charge in [0, 0.05) is 10.5 Å². The Kier molecular flexibility index (Phi) is 1.93. The van der Waals surface area contributed by atoms with Gasteiger partial charge >= 0.3 is 0 Å². The number of rotatable bonds is 1. The molecule has 0 nitrogen and oxygen atoms in total. The first-order chi connectivity index (χ1) is 6.95. The zero-order valence-corrected chi connectivity index (χ0v) is 9.26. The molecule has 0 aliphatic heterocycles. The van der Waals surface area contributed by atoms with E-state index in [4.69, 9.17) is 0 Å². The van der Waals surface area contributed by atoms with Crippen molar-refractivity contribution in [3.05, 3.63) is 53.0 Å². The van der Waals surface area contributed by atoms with Crippen LogP contribution in [0.1, 0.15) is 0 Å². The highest BCUT2D eigenvalue weighted by Gasteiger charge is 2.03. The van der Waals surface area contributed by atoms with E-state index in [-0.39, 0.29) is 7.53 Å². The number of hydrogen-bond acceptors (Lipinski definition) is 1. The lowest BCUT2D eigenvalue weighted by atomic mass is 10.4. The minimum atomic E-state index is -0.189. The molecule has 68 valence electrons. The molecule has 0 bridgehead atoms. The van der Waals surface area contributed by atoms with Gasteiger partial charge in [0.2, 0.25) is 0 Å². The van der Waals surface area contributed by atoms with Crippen LogP contribution in [0.4, 0.5) is 0 Å². The highest BCUT2D eigenvalue weighted by Crippen LogP contribution is 2.48. The van der Waals surface area contributed by atoms with Crippen LogP contribution in [-0.2, 0) is 0 Å². The molecule has 0 fully saturated rings. The quantitative estimate of drug-likeness (QED) is 0.544. The minimum absolute atomic E-state index is 0.189. The van der Waals surface area contributed by atoms with Gasteiger partial charge in [-0.2, -0.15) is 11.3 Å². The largest absolute Gasteiger partial charge is 0.151 e. The molecule has 3 aromatic rings. The second kappa shape index (κ2) is 3.27. The summed E-state index contributed by atoms with van der Waals surface area (Å²) in [4.78, 5) is 0. The van der Waals surface area contributed by atoms with Gasteiger partial charge in [0.25, 0.3) is 0 Å². The van der Waals surface area contributed by atoms with Crippen LogP contribution in [0.2, 0.25) is 0 Å².